The summed E-state index contributed by atoms with van der Waals surface area (Å²) in [7, 11) is 0. The Morgan fingerprint density at radius 1 is 1.00 bits per heavy atom. The van der Waals surface area contributed by atoms with E-state index in [1.807, 2.05) is 30.3 Å². The standard InChI is InChI=1S/C24H22N2O4/c27-23(28)17(12-16-6-5-11-25-13-16)14-26-24(29)30-15-22-20-9-3-1-7-18(20)19-8-2-4-10-21(19)22/h1-11,13,17,22H,12,14-15H2,(H,26,29)(H,27,28)/t17-/m0/s1. The number of aromatic nitrogens is 1. The third-order valence-corrected chi connectivity index (χ3v) is 5.39. The summed E-state index contributed by atoms with van der Waals surface area (Å²) in [5, 5.41) is 12.0. The van der Waals surface area contributed by atoms with Gasteiger partial charge in [0, 0.05) is 24.9 Å². The first-order valence-electron chi connectivity index (χ1n) is 9.84. The van der Waals surface area contributed by atoms with Crippen LogP contribution in [0.5, 0.6) is 0 Å². The molecule has 0 aliphatic heterocycles. The van der Waals surface area contributed by atoms with Crippen LogP contribution in [0.25, 0.3) is 11.1 Å². The number of ether oxygens (including phenoxy) is 1. The number of carbonyl (C=O) groups is 2. The Hall–Kier alpha value is -3.67. The zero-order valence-electron chi connectivity index (χ0n) is 16.3. The van der Waals surface area contributed by atoms with Crippen LogP contribution in [-0.4, -0.2) is 35.3 Å². The van der Waals surface area contributed by atoms with Crippen LogP contribution >= 0.6 is 0 Å². The lowest BCUT2D eigenvalue weighted by Crippen LogP contribution is -2.35. The van der Waals surface area contributed by atoms with E-state index in [9.17, 15) is 14.7 Å². The molecule has 0 radical (unpaired) electrons. The molecular formula is C24H22N2O4. The van der Waals surface area contributed by atoms with Crippen molar-refractivity contribution in [2.75, 3.05) is 13.2 Å². The highest BCUT2D eigenvalue weighted by atomic mass is 16.5. The number of nitrogens with one attached hydrogen (secondary N) is 1. The van der Waals surface area contributed by atoms with E-state index in [1.54, 1.807) is 18.5 Å². The van der Waals surface area contributed by atoms with Gasteiger partial charge in [0.25, 0.3) is 0 Å². The molecule has 2 aromatic carbocycles. The first-order valence-corrected chi connectivity index (χ1v) is 9.84. The molecule has 0 saturated carbocycles. The number of aliphatic carboxylic acids is 1. The Balaban J connectivity index is 1.36. The predicted molar refractivity (Wildman–Crippen MR) is 112 cm³/mol. The molecule has 0 unspecified atom stereocenters. The van der Waals surface area contributed by atoms with Crippen molar-refractivity contribution in [3.63, 3.8) is 0 Å². The molecule has 1 heterocycles. The summed E-state index contributed by atoms with van der Waals surface area (Å²) in [6.45, 7) is 0.182. The van der Waals surface area contributed by atoms with Crippen LogP contribution in [0.15, 0.2) is 73.1 Å². The average molecular weight is 402 g/mol. The van der Waals surface area contributed by atoms with Gasteiger partial charge in [-0.2, -0.15) is 0 Å². The Kier molecular flexibility index (Phi) is 5.75. The monoisotopic (exact) mass is 402 g/mol. The maximum atomic E-state index is 12.3. The Labute approximate surface area is 174 Å². The van der Waals surface area contributed by atoms with E-state index >= 15 is 0 Å². The molecule has 0 spiro atoms. The lowest BCUT2D eigenvalue weighted by molar-refractivity contribution is -0.141. The molecule has 30 heavy (non-hydrogen) atoms. The van der Waals surface area contributed by atoms with Crippen molar-refractivity contribution in [2.24, 2.45) is 5.92 Å². The number of carbonyl (C=O) groups excluding carboxylic acids is 1. The van der Waals surface area contributed by atoms with Crippen LogP contribution < -0.4 is 5.32 Å². The van der Waals surface area contributed by atoms with Crippen molar-refractivity contribution in [2.45, 2.75) is 12.3 Å². The first kappa shape index (κ1) is 19.6. The molecule has 6 heteroatoms. The van der Waals surface area contributed by atoms with Gasteiger partial charge in [-0.05, 0) is 40.3 Å². The number of hydrogen-bond donors (Lipinski definition) is 2. The fourth-order valence-corrected chi connectivity index (χ4v) is 3.91. The molecule has 1 amide bonds. The molecule has 1 aliphatic carbocycles. The van der Waals surface area contributed by atoms with E-state index in [1.165, 1.54) is 0 Å². The number of amides is 1. The van der Waals surface area contributed by atoms with Crippen LogP contribution in [0.1, 0.15) is 22.6 Å². The first-order chi connectivity index (χ1) is 14.6. The highest BCUT2D eigenvalue weighted by Gasteiger charge is 2.29. The van der Waals surface area contributed by atoms with Crippen molar-refractivity contribution in [1.82, 2.24) is 10.3 Å². The highest BCUT2D eigenvalue weighted by molar-refractivity contribution is 5.79. The molecule has 1 aromatic heterocycles. The number of fused-ring (bicyclic) bond motifs is 3. The second-order valence-electron chi connectivity index (χ2n) is 7.31. The van der Waals surface area contributed by atoms with E-state index in [0.29, 0.717) is 0 Å². The highest BCUT2D eigenvalue weighted by Crippen LogP contribution is 2.44. The van der Waals surface area contributed by atoms with Gasteiger partial charge in [-0.15, -0.1) is 0 Å². The molecular weight excluding hydrogens is 380 g/mol. The summed E-state index contributed by atoms with van der Waals surface area (Å²) in [5.74, 6) is -1.76. The zero-order valence-corrected chi connectivity index (χ0v) is 16.3. The van der Waals surface area contributed by atoms with Crippen molar-refractivity contribution >= 4 is 12.1 Å². The second-order valence-corrected chi connectivity index (χ2v) is 7.31. The molecule has 6 nitrogen and oxygen atoms in total. The Bertz CT molecular complexity index is 1010. The van der Waals surface area contributed by atoms with Gasteiger partial charge in [-0.3, -0.25) is 9.78 Å². The van der Waals surface area contributed by atoms with Gasteiger partial charge in [0.15, 0.2) is 0 Å². The summed E-state index contributed by atoms with van der Waals surface area (Å²) < 4.78 is 5.46. The normalized spacial score (nSPS) is 13.2. The SMILES string of the molecule is O=C(NC[C@H](Cc1cccnc1)C(=O)O)OCC1c2ccccc2-c2ccccc21. The fraction of sp³-hybridized carbons (Fsp3) is 0.208. The minimum absolute atomic E-state index is 0.0130. The van der Waals surface area contributed by atoms with Gasteiger partial charge in [-0.25, -0.2) is 4.79 Å². The van der Waals surface area contributed by atoms with E-state index in [2.05, 4.69) is 34.6 Å². The molecule has 1 aliphatic rings. The second kappa shape index (κ2) is 8.78. The van der Waals surface area contributed by atoms with Crippen molar-refractivity contribution in [3.8, 4) is 11.1 Å². The fourth-order valence-electron chi connectivity index (χ4n) is 3.91. The minimum Gasteiger partial charge on any atom is -0.481 e. The summed E-state index contributed by atoms with van der Waals surface area (Å²) >= 11 is 0. The van der Waals surface area contributed by atoms with Crippen LogP contribution in [0, 0.1) is 5.92 Å². The third-order valence-electron chi connectivity index (χ3n) is 5.39. The minimum atomic E-state index is -0.974. The molecule has 0 saturated heterocycles. The van der Waals surface area contributed by atoms with Crippen molar-refractivity contribution < 1.29 is 19.4 Å². The maximum absolute atomic E-state index is 12.3. The maximum Gasteiger partial charge on any atom is 0.407 e. The molecule has 2 N–H and O–H groups in total. The topological polar surface area (TPSA) is 88.5 Å². The van der Waals surface area contributed by atoms with Crippen molar-refractivity contribution in [3.05, 3.63) is 89.7 Å². The zero-order chi connectivity index (χ0) is 20.9. The number of carboxylic acids is 1. The van der Waals surface area contributed by atoms with Gasteiger partial charge in [0.2, 0.25) is 0 Å². The van der Waals surface area contributed by atoms with Crippen LogP contribution in [0.2, 0.25) is 0 Å². The number of rotatable bonds is 7. The quantitative estimate of drug-likeness (QED) is 0.626. The number of pyridine rings is 1. The Morgan fingerprint density at radius 2 is 1.67 bits per heavy atom. The third kappa shape index (κ3) is 4.17. The molecule has 0 fully saturated rings. The van der Waals surface area contributed by atoms with E-state index < -0.39 is 18.0 Å². The summed E-state index contributed by atoms with van der Waals surface area (Å²) in [5.41, 5.74) is 5.38. The Morgan fingerprint density at radius 3 is 2.27 bits per heavy atom. The van der Waals surface area contributed by atoms with Crippen LogP contribution in [0.4, 0.5) is 4.79 Å². The summed E-state index contributed by atoms with van der Waals surface area (Å²) in [6, 6.07) is 19.8. The molecule has 152 valence electrons. The number of nitrogens with zero attached hydrogens (tertiary/aromatic N) is 1. The van der Waals surface area contributed by atoms with E-state index in [4.69, 9.17) is 4.74 Å². The lowest BCUT2D eigenvalue weighted by Gasteiger charge is -2.16. The van der Waals surface area contributed by atoms with Gasteiger partial charge in [0.05, 0.1) is 5.92 Å². The number of benzene rings is 2. The number of hydrogen-bond acceptors (Lipinski definition) is 4. The van der Waals surface area contributed by atoms with Gasteiger partial charge < -0.3 is 15.2 Å². The summed E-state index contributed by atoms with van der Waals surface area (Å²) in [4.78, 5) is 27.8. The largest absolute Gasteiger partial charge is 0.481 e. The molecule has 3 aromatic rings. The number of carboxylic acid groups (broad SMARTS) is 1. The van der Waals surface area contributed by atoms with Gasteiger partial charge in [-0.1, -0.05) is 54.6 Å². The number of alkyl carbamates (subject to hydrolysis) is 1. The van der Waals surface area contributed by atoms with Gasteiger partial charge in [0.1, 0.15) is 6.61 Å². The van der Waals surface area contributed by atoms with E-state index in [0.717, 1.165) is 27.8 Å². The molecule has 4 rings (SSSR count). The van der Waals surface area contributed by atoms with Gasteiger partial charge >= 0.3 is 12.1 Å². The van der Waals surface area contributed by atoms with E-state index in [-0.39, 0.29) is 25.5 Å². The average Bonchev–Trinajstić information content (AvgIpc) is 3.09. The molecule has 1 atom stereocenters. The smallest absolute Gasteiger partial charge is 0.407 e. The van der Waals surface area contributed by atoms with Crippen molar-refractivity contribution in [1.29, 1.82) is 0 Å². The van der Waals surface area contributed by atoms with Crippen LogP contribution in [0.3, 0.4) is 0 Å². The molecule has 0 bridgehead atoms. The predicted octanol–water partition coefficient (Wildman–Crippen LogP) is 3.86. The lowest BCUT2D eigenvalue weighted by atomic mass is 9.98. The summed E-state index contributed by atoms with van der Waals surface area (Å²) in [6.07, 6.45) is 2.93. The van der Waals surface area contributed by atoms with Crippen LogP contribution in [-0.2, 0) is 16.0 Å².